The maximum Gasteiger partial charge on any atom is 0.208 e. The number of aromatic nitrogens is 1. The van der Waals surface area contributed by atoms with Gasteiger partial charge in [0.15, 0.2) is 5.96 Å². The zero-order chi connectivity index (χ0) is 21.3. The zero-order valence-corrected chi connectivity index (χ0v) is 21.1. The molecule has 0 bridgehead atoms. The molecule has 1 saturated heterocycles. The van der Waals surface area contributed by atoms with Crippen LogP contribution in [0.1, 0.15) is 42.7 Å². The van der Waals surface area contributed by atoms with Crippen LogP contribution in [0.2, 0.25) is 0 Å². The molecule has 1 fully saturated rings. The summed E-state index contributed by atoms with van der Waals surface area (Å²) in [4.78, 5) is 11.7. The van der Waals surface area contributed by atoms with E-state index in [0.717, 1.165) is 87.4 Å². The van der Waals surface area contributed by atoms with Gasteiger partial charge in [0.2, 0.25) is 5.89 Å². The molecule has 8 heteroatoms. The molecule has 0 spiro atoms. The van der Waals surface area contributed by atoms with E-state index in [0.29, 0.717) is 5.92 Å². The molecule has 3 rings (SSSR count). The number of benzene rings is 1. The van der Waals surface area contributed by atoms with E-state index in [4.69, 9.17) is 9.41 Å². The minimum absolute atomic E-state index is 0. The lowest BCUT2D eigenvalue weighted by Crippen LogP contribution is -2.39. The molecule has 0 saturated carbocycles. The van der Waals surface area contributed by atoms with Crippen molar-refractivity contribution in [2.24, 2.45) is 10.9 Å². The van der Waals surface area contributed by atoms with E-state index in [1.165, 1.54) is 6.07 Å². The molecule has 2 heterocycles. The van der Waals surface area contributed by atoms with E-state index in [2.05, 4.69) is 27.4 Å². The number of halogens is 2. The number of hydrogen-bond acceptors (Lipinski definition) is 4. The largest absolute Gasteiger partial charge is 0.444 e. The van der Waals surface area contributed by atoms with Crippen molar-refractivity contribution in [3.8, 4) is 0 Å². The molecule has 1 aromatic heterocycles. The third-order valence-corrected chi connectivity index (χ3v) is 5.59. The lowest BCUT2D eigenvalue weighted by Gasteiger charge is -2.30. The van der Waals surface area contributed by atoms with Crippen molar-refractivity contribution >= 4 is 29.9 Å². The number of oxazole rings is 1. The predicted octanol–water partition coefficient (Wildman–Crippen LogP) is 4.06. The lowest BCUT2D eigenvalue weighted by molar-refractivity contribution is 0.166. The lowest BCUT2D eigenvalue weighted by atomic mass is 9.97. The maximum atomic E-state index is 13.3. The van der Waals surface area contributed by atoms with Gasteiger partial charge in [0.25, 0.3) is 0 Å². The van der Waals surface area contributed by atoms with Gasteiger partial charge in [-0.05, 0) is 76.7 Å². The van der Waals surface area contributed by atoms with Gasteiger partial charge < -0.3 is 15.1 Å². The van der Waals surface area contributed by atoms with Crippen molar-refractivity contribution in [2.45, 2.75) is 46.6 Å². The van der Waals surface area contributed by atoms with Crippen LogP contribution >= 0.6 is 24.0 Å². The first-order valence-electron chi connectivity index (χ1n) is 11.0. The summed E-state index contributed by atoms with van der Waals surface area (Å²) < 4.78 is 19.0. The Bertz CT molecular complexity index is 814. The van der Waals surface area contributed by atoms with E-state index < -0.39 is 0 Å². The van der Waals surface area contributed by atoms with Gasteiger partial charge in [-0.2, -0.15) is 0 Å². The predicted molar refractivity (Wildman–Crippen MR) is 133 cm³/mol. The van der Waals surface area contributed by atoms with Crippen LogP contribution in [-0.4, -0.2) is 48.6 Å². The van der Waals surface area contributed by atoms with Crippen LogP contribution in [0.5, 0.6) is 0 Å². The van der Waals surface area contributed by atoms with E-state index in [-0.39, 0.29) is 29.8 Å². The van der Waals surface area contributed by atoms with Gasteiger partial charge in [-0.3, -0.25) is 9.89 Å². The zero-order valence-electron chi connectivity index (χ0n) is 18.8. The highest BCUT2D eigenvalue weighted by molar-refractivity contribution is 14.0. The maximum absolute atomic E-state index is 13.3. The molecule has 1 aromatic carbocycles. The highest BCUT2D eigenvalue weighted by Crippen LogP contribution is 2.20. The van der Waals surface area contributed by atoms with Gasteiger partial charge >= 0.3 is 0 Å². The molecule has 1 aliphatic heterocycles. The Morgan fingerprint density at radius 1 is 1.26 bits per heavy atom. The molecular formula is C23H35FIN5O. The number of hydrogen-bond donors (Lipinski definition) is 2. The molecule has 6 nitrogen and oxygen atoms in total. The van der Waals surface area contributed by atoms with Crippen LogP contribution < -0.4 is 10.6 Å². The summed E-state index contributed by atoms with van der Waals surface area (Å²) in [7, 11) is 0. The van der Waals surface area contributed by atoms with Gasteiger partial charge in [-0.25, -0.2) is 9.37 Å². The van der Waals surface area contributed by atoms with Crippen molar-refractivity contribution in [3.63, 3.8) is 0 Å². The van der Waals surface area contributed by atoms with Crippen LogP contribution in [0.15, 0.2) is 33.7 Å². The number of guanidine groups is 1. The summed E-state index contributed by atoms with van der Waals surface area (Å²) in [5.74, 6) is 2.97. The van der Waals surface area contributed by atoms with Gasteiger partial charge in [0.1, 0.15) is 11.6 Å². The molecular weight excluding hydrogens is 508 g/mol. The summed E-state index contributed by atoms with van der Waals surface area (Å²) in [6.45, 7) is 11.3. The van der Waals surface area contributed by atoms with Crippen molar-refractivity contribution in [3.05, 3.63) is 53.0 Å². The van der Waals surface area contributed by atoms with Crippen molar-refractivity contribution in [1.29, 1.82) is 0 Å². The molecule has 0 aliphatic carbocycles. The van der Waals surface area contributed by atoms with E-state index in [9.17, 15) is 4.39 Å². The van der Waals surface area contributed by atoms with Gasteiger partial charge in [0.05, 0.1) is 12.2 Å². The Morgan fingerprint density at radius 3 is 2.68 bits per heavy atom. The third-order valence-electron chi connectivity index (χ3n) is 5.59. The highest BCUT2D eigenvalue weighted by Gasteiger charge is 2.20. The molecule has 172 valence electrons. The van der Waals surface area contributed by atoms with Gasteiger partial charge in [0, 0.05) is 19.6 Å². The summed E-state index contributed by atoms with van der Waals surface area (Å²) in [6.07, 6.45) is 3.02. The Morgan fingerprint density at radius 2 is 2.03 bits per heavy atom. The SMILES string of the molecule is CCNC(=NCC1CCN(Cc2nc(C)c(C)o2)CC1)NCCc1cccc(F)c1.I. The summed E-state index contributed by atoms with van der Waals surface area (Å²) in [5, 5.41) is 6.67. The number of nitrogens with one attached hydrogen (secondary N) is 2. The fourth-order valence-corrected chi connectivity index (χ4v) is 3.71. The molecule has 2 N–H and O–H groups in total. The minimum Gasteiger partial charge on any atom is -0.444 e. The fourth-order valence-electron chi connectivity index (χ4n) is 3.71. The first-order valence-corrected chi connectivity index (χ1v) is 11.0. The Kier molecular flexibility index (Phi) is 10.7. The van der Waals surface area contributed by atoms with E-state index in [1.807, 2.05) is 19.9 Å². The number of likely N-dealkylation sites (tertiary alicyclic amines) is 1. The summed E-state index contributed by atoms with van der Waals surface area (Å²) >= 11 is 0. The molecule has 31 heavy (non-hydrogen) atoms. The number of aliphatic imine (C=N–C) groups is 1. The van der Waals surface area contributed by atoms with Gasteiger partial charge in [-0.15, -0.1) is 24.0 Å². The standard InChI is InChI=1S/C23H34FN5O.HI/c1-4-25-23(26-11-8-19-6-5-7-21(24)14-19)27-15-20-9-12-29(13-10-20)16-22-28-17(2)18(3)30-22;/h5-7,14,20H,4,8-13,15-16H2,1-3H3,(H2,25,26,27);1H. The normalized spacial score (nSPS) is 15.5. The number of aryl methyl sites for hydroxylation is 2. The fraction of sp³-hybridized carbons (Fsp3) is 0.565. The summed E-state index contributed by atoms with van der Waals surface area (Å²) in [6, 6.07) is 6.76. The average Bonchev–Trinajstić information content (AvgIpc) is 3.04. The number of rotatable bonds is 8. The topological polar surface area (TPSA) is 65.7 Å². The first-order chi connectivity index (χ1) is 14.5. The molecule has 2 aromatic rings. The second-order valence-electron chi connectivity index (χ2n) is 8.00. The van der Waals surface area contributed by atoms with Gasteiger partial charge in [-0.1, -0.05) is 12.1 Å². The number of piperidine rings is 1. The van der Waals surface area contributed by atoms with Crippen LogP contribution in [-0.2, 0) is 13.0 Å². The van der Waals surface area contributed by atoms with Crippen molar-refractivity contribution < 1.29 is 8.81 Å². The Labute approximate surface area is 202 Å². The minimum atomic E-state index is -0.187. The average molecular weight is 543 g/mol. The molecule has 0 amide bonds. The van der Waals surface area contributed by atoms with Crippen molar-refractivity contribution in [1.82, 2.24) is 20.5 Å². The molecule has 1 aliphatic rings. The number of nitrogens with zero attached hydrogens (tertiary/aromatic N) is 3. The smallest absolute Gasteiger partial charge is 0.208 e. The van der Waals surface area contributed by atoms with Crippen LogP contribution in [0, 0.1) is 25.6 Å². The Hall–Kier alpha value is -1.68. The monoisotopic (exact) mass is 543 g/mol. The Balaban J connectivity index is 0.00000341. The van der Waals surface area contributed by atoms with E-state index >= 15 is 0 Å². The van der Waals surface area contributed by atoms with Crippen molar-refractivity contribution in [2.75, 3.05) is 32.7 Å². The third kappa shape index (κ3) is 8.40. The van der Waals surface area contributed by atoms with Crippen LogP contribution in [0.3, 0.4) is 0 Å². The van der Waals surface area contributed by atoms with Crippen LogP contribution in [0.4, 0.5) is 4.39 Å². The summed E-state index contributed by atoms with van der Waals surface area (Å²) in [5.41, 5.74) is 1.97. The van der Waals surface area contributed by atoms with E-state index in [1.54, 1.807) is 12.1 Å². The second-order valence-corrected chi connectivity index (χ2v) is 8.00. The molecule has 0 radical (unpaired) electrons. The highest BCUT2D eigenvalue weighted by atomic mass is 127. The van der Waals surface area contributed by atoms with Crippen LogP contribution in [0.25, 0.3) is 0 Å². The quantitative estimate of drug-likeness (QED) is 0.299. The second kappa shape index (κ2) is 13.0. The molecule has 0 atom stereocenters. The molecule has 0 unspecified atom stereocenters. The first kappa shape index (κ1) is 25.6.